The zero-order valence-corrected chi connectivity index (χ0v) is 11.5. The molecule has 0 aromatic heterocycles. The van der Waals surface area contributed by atoms with Gasteiger partial charge in [0.1, 0.15) is 18.3 Å². The Balaban J connectivity index is 1.66. The van der Waals surface area contributed by atoms with E-state index in [4.69, 9.17) is 18.9 Å². The molecule has 0 saturated carbocycles. The summed E-state index contributed by atoms with van der Waals surface area (Å²) in [6, 6.07) is 9.79. The zero-order chi connectivity index (χ0) is 14.2. The van der Waals surface area contributed by atoms with E-state index in [0.717, 1.165) is 11.8 Å². The monoisotopic (exact) mass is 278 g/mol. The van der Waals surface area contributed by atoms with E-state index in [1.165, 1.54) is 0 Å². The fourth-order valence-corrected chi connectivity index (χ4v) is 2.59. The molecule has 20 heavy (non-hydrogen) atoms. The van der Waals surface area contributed by atoms with Gasteiger partial charge in [0, 0.05) is 0 Å². The lowest BCUT2D eigenvalue weighted by molar-refractivity contribution is -0.232. The Morgan fingerprint density at radius 2 is 1.90 bits per heavy atom. The number of hydrogen-bond acceptors (Lipinski definition) is 5. The van der Waals surface area contributed by atoms with E-state index in [2.05, 4.69) is 0 Å². The van der Waals surface area contributed by atoms with Crippen LogP contribution in [0.25, 0.3) is 0 Å². The number of hydrogen-bond donors (Lipinski definition) is 0. The molecule has 0 radical (unpaired) electrons. The SMILES string of the molecule is CC1(C)O[C@@H]2[C@H](O1)C(OCc1ccccc1)O[C@@H]2C=O. The number of carbonyl (C=O) groups is 1. The first-order valence-electron chi connectivity index (χ1n) is 6.71. The van der Waals surface area contributed by atoms with Crippen LogP contribution in [0.4, 0.5) is 0 Å². The third-order valence-corrected chi connectivity index (χ3v) is 3.44. The van der Waals surface area contributed by atoms with Gasteiger partial charge in [-0.05, 0) is 19.4 Å². The average molecular weight is 278 g/mol. The minimum Gasteiger partial charge on any atom is -0.345 e. The predicted molar refractivity (Wildman–Crippen MR) is 69.8 cm³/mol. The molecule has 1 aromatic rings. The van der Waals surface area contributed by atoms with Gasteiger partial charge in [-0.25, -0.2) is 0 Å². The molecule has 0 aliphatic carbocycles. The zero-order valence-electron chi connectivity index (χ0n) is 11.5. The molecule has 2 heterocycles. The van der Waals surface area contributed by atoms with Crippen molar-refractivity contribution in [2.45, 2.75) is 50.8 Å². The van der Waals surface area contributed by atoms with Gasteiger partial charge < -0.3 is 23.7 Å². The number of rotatable bonds is 4. The minimum absolute atomic E-state index is 0.371. The van der Waals surface area contributed by atoms with Crippen molar-refractivity contribution in [2.75, 3.05) is 0 Å². The van der Waals surface area contributed by atoms with Crippen molar-refractivity contribution in [2.24, 2.45) is 0 Å². The van der Waals surface area contributed by atoms with E-state index >= 15 is 0 Å². The largest absolute Gasteiger partial charge is 0.345 e. The Morgan fingerprint density at radius 1 is 1.20 bits per heavy atom. The summed E-state index contributed by atoms with van der Waals surface area (Å²) < 4.78 is 22.8. The summed E-state index contributed by atoms with van der Waals surface area (Å²) in [5, 5.41) is 0. The Bertz CT molecular complexity index is 472. The molecule has 1 unspecified atom stereocenters. The average Bonchev–Trinajstić information content (AvgIpc) is 2.91. The van der Waals surface area contributed by atoms with E-state index in [1.54, 1.807) is 0 Å². The second-order valence-electron chi connectivity index (χ2n) is 5.47. The standard InChI is InChI=1S/C15H18O5/c1-15(2)19-12-11(8-16)18-14(13(12)20-15)17-9-10-6-4-3-5-7-10/h3-8,11-14H,9H2,1-2H3/t11-,12+,13+,14?/m1/s1. The van der Waals surface area contributed by atoms with Crippen molar-refractivity contribution in [3.05, 3.63) is 35.9 Å². The molecular formula is C15H18O5. The third kappa shape index (κ3) is 2.62. The molecule has 4 atom stereocenters. The van der Waals surface area contributed by atoms with Crippen LogP contribution >= 0.6 is 0 Å². The second-order valence-corrected chi connectivity index (χ2v) is 5.47. The van der Waals surface area contributed by atoms with Crippen molar-refractivity contribution < 1.29 is 23.7 Å². The van der Waals surface area contributed by atoms with Gasteiger partial charge in [-0.3, -0.25) is 0 Å². The van der Waals surface area contributed by atoms with Crippen LogP contribution in [-0.4, -0.2) is 36.7 Å². The quantitative estimate of drug-likeness (QED) is 0.784. The van der Waals surface area contributed by atoms with E-state index in [9.17, 15) is 4.79 Å². The van der Waals surface area contributed by atoms with Crippen molar-refractivity contribution >= 4 is 6.29 Å². The van der Waals surface area contributed by atoms with Crippen LogP contribution in [0.3, 0.4) is 0 Å². The first-order valence-corrected chi connectivity index (χ1v) is 6.71. The molecule has 0 bridgehead atoms. The molecule has 5 heteroatoms. The van der Waals surface area contributed by atoms with E-state index in [1.807, 2.05) is 44.2 Å². The van der Waals surface area contributed by atoms with E-state index in [0.29, 0.717) is 6.61 Å². The lowest BCUT2D eigenvalue weighted by Gasteiger charge is -2.22. The highest BCUT2D eigenvalue weighted by Crippen LogP contribution is 2.38. The molecule has 0 spiro atoms. The van der Waals surface area contributed by atoms with Crippen LogP contribution in [0.5, 0.6) is 0 Å². The Kier molecular flexibility index (Phi) is 3.60. The van der Waals surface area contributed by atoms with Gasteiger partial charge in [0.15, 0.2) is 18.4 Å². The fourth-order valence-electron chi connectivity index (χ4n) is 2.59. The van der Waals surface area contributed by atoms with E-state index < -0.39 is 24.3 Å². The van der Waals surface area contributed by atoms with Crippen molar-refractivity contribution in [3.63, 3.8) is 0 Å². The van der Waals surface area contributed by atoms with Gasteiger partial charge in [0.2, 0.25) is 0 Å². The number of fused-ring (bicyclic) bond motifs is 1. The number of carbonyl (C=O) groups excluding carboxylic acids is 1. The predicted octanol–water partition coefficient (Wildman–Crippen LogP) is 1.65. The Morgan fingerprint density at radius 3 is 2.60 bits per heavy atom. The molecule has 5 nitrogen and oxygen atoms in total. The molecule has 3 rings (SSSR count). The van der Waals surface area contributed by atoms with Crippen LogP contribution in [0, 0.1) is 0 Å². The maximum absolute atomic E-state index is 11.1. The molecule has 1 aromatic carbocycles. The second kappa shape index (κ2) is 5.26. The molecule has 2 aliphatic rings. The Hall–Kier alpha value is -1.27. The molecule has 2 aliphatic heterocycles. The van der Waals surface area contributed by atoms with Gasteiger partial charge in [-0.2, -0.15) is 0 Å². The fraction of sp³-hybridized carbons (Fsp3) is 0.533. The summed E-state index contributed by atoms with van der Waals surface area (Å²) >= 11 is 0. The van der Waals surface area contributed by atoms with Gasteiger partial charge in [0.05, 0.1) is 6.61 Å². The number of ether oxygens (including phenoxy) is 4. The van der Waals surface area contributed by atoms with Gasteiger partial charge in [0.25, 0.3) is 0 Å². The number of benzene rings is 1. The van der Waals surface area contributed by atoms with E-state index in [-0.39, 0.29) is 6.10 Å². The highest BCUT2D eigenvalue weighted by atomic mass is 16.8. The Labute approximate surface area is 117 Å². The summed E-state index contributed by atoms with van der Waals surface area (Å²) in [5.74, 6) is -0.714. The van der Waals surface area contributed by atoms with Gasteiger partial charge in [-0.1, -0.05) is 30.3 Å². The van der Waals surface area contributed by atoms with Gasteiger partial charge >= 0.3 is 0 Å². The number of aldehydes is 1. The molecule has 2 saturated heterocycles. The molecule has 108 valence electrons. The van der Waals surface area contributed by atoms with Crippen molar-refractivity contribution in [3.8, 4) is 0 Å². The first kappa shape index (κ1) is 13.7. The molecule has 2 fully saturated rings. The maximum atomic E-state index is 11.1. The summed E-state index contributed by atoms with van der Waals surface area (Å²) in [6.45, 7) is 4.05. The summed E-state index contributed by atoms with van der Waals surface area (Å²) in [4.78, 5) is 11.1. The van der Waals surface area contributed by atoms with Crippen molar-refractivity contribution in [1.82, 2.24) is 0 Å². The lowest BCUT2D eigenvalue weighted by atomic mass is 10.1. The normalized spacial score (nSPS) is 34.9. The summed E-state index contributed by atoms with van der Waals surface area (Å²) in [6.07, 6.45) is -1.25. The third-order valence-electron chi connectivity index (χ3n) is 3.44. The smallest absolute Gasteiger partial charge is 0.187 e. The molecule has 0 N–H and O–H groups in total. The summed E-state index contributed by atoms with van der Waals surface area (Å²) in [7, 11) is 0. The highest BCUT2D eigenvalue weighted by Gasteiger charge is 2.55. The first-order chi connectivity index (χ1) is 9.59. The minimum atomic E-state index is -0.714. The maximum Gasteiger partial charge on any atom is 0.187 e. The topological polar surface area (TPSA) is 54.0 Å². The van der Waals surface area contributed by atoms with Gasteiger partial charge in [-0.15, -0.1) is 0 Å². The van der Waals surface area contributed by atoms with Crippen LogP contribution in [0.2, 0.25) is 0 Å². The van der Waals surface area contributed by atoms with Crippen LogP contribution in [-0.2, 0) is 30.3 Å². The van der Waals surface area contributed by atoms with Crippen LogP contribution in [0.15, 0.2) is 30.3 Å². The molecule has 0 amide bonds. The van der Waals surface area contributed by atoms with Crippen LogP contribution < -0.4 is 0 Å². The highest BCUT2D eigenvalue weighted by molar-refractivity contribution is 5.58. The summed E-state index contributed by atoms with van der Waals surface area (Å²) in [5.41, 5.74) is 1.04. The van der Waals surface area contributed by atoms with Crippen LogP contribution in [0.1, 0.15) is 19.4 Å². The van der Waals surface area contributed by atoms with Crippen molar-refractivity contribution in [1.29, 1.82) is 0 Å². The molecular weight excluding hydrogens is 260 g/mol. The lowest BCUT2D eigenvalue weighted by Crippen LogP contribution is -2.31.